The average molecular weight is 486 g/mol. The van der Waals surface area contributed by atoms with E-state index in [0.717, 1.165) is 38.2 Å². The van der Waals surface area contributed by atoms with Crippen molar-refractivity contribution in [3.63, 3.8) is 0 Å². The molecule has 1 aliphatic heterocycles. The fourth-order valence-corrected chi connectivity index (χ4v) is 4.69. The molecular weight excluding hydrogens is 462 g/mol. The Balaban J connectivity index is 1.63. The van der Waals surface area contributed by atoms with Crippen LogP contribution in [0.3, 0.4) is 0 Å². The van der Waals surface area contributed by atoms with Gasteiger partial charge in [0.05, 0.1) is 18.3 Å². The van der Waals surface area contributed by atoms with Gasteiger partial charge < -0.3 is 14.8 Å². The van der Waals surface area contributed by atoms with E-state index in [1.807, 2.05) is 48.2 Å². The van der Waals surface area contributed by atoms with E-state index in [1.54, 1.807) is 0 Å². The van der Waals surface area contributed by atoms with Gasteiger partial charge in [-0.05, 0) is 66.9 Å². The summed E-state index contributed by atoms with van der Waals surface area (Å²) in [6.45, 7) is 4.62. The summed E-state index contributed by atoms with van der Waals surface area (Å²) in [6.07, 6.45) is 2.08. The number of amides is 2. The summed E-state index contributed by atoms with van der Waals surface area (Å²) in [7, 11) is 0. The van der Waals surface area contributed by atoms with E-state index < -0.39 is 0 Å². The number of nitrogens with one attached hydrogen (secondary N) is 1. The topological polar surface area (TPSA) is 37.3 Å². The zero-order chi connectivity index (χ0) is 22.2. The summed E-state index contributed by atoms with van der Waals surface area (Å²) >= 11 is 3.54. The normalized spacial score (nSPS) is 15.0. The number of hydrogen-bond donors (Lipinski definition) is 1. The molecule has 4 nitrogen and oxygen atoms in total. The molecule has 0 radical (unpaired) electrons. The van der Waals surface area contributed by atoms with Crippen molar-refractivity contribution >= 4 is 27.6 Å². The van der Waals surface area contributed by atoms with Crippen LogP contribution in [0.4, 0.5) is 10.5 Å². The highest BCUT2D eigenvalue weighted by atomic mass is 79.9. The predicted octanol–water partition coefficient (Wildman–Crippen LogP) is 6.99. The average Bonchev–Trinajstić information content (AvgIpc) is 3.20. The highest BCUT2D eigenvalue weighted by Crippen LogP contribution is 2.37. The molecule has 2 amide bonds. The number of carbonyl (C=O) groups is 1. The molecule has 2 heterocycles. The third kappa shape index (κ3) is 3.73. The van der Waals surface area contributed by atoms with Gasteiger partial charge in [0.2, 0.25) is 0 Å². The number of halogens is 1. The van der Waals surface area contributed by atoms with Crippen LogP contribution in [0.25, 0.3) is 5.69 Å². The van der Waals surface area contributed by atoms with E-state index >= 15 is 0 Å². The molecule has 1 aromatic heterocycles. The van der Waals surface area contributed by atoms with E-state index in [2.05, 4.69) is 81.4 Å². The van der Waals surface area contributed by atoms with Gasteiger partial charge in [0.1, 0.15) is 0 Å². The highest BCUT2D eigenvalue weighted by molar-refractivity contribution is 9.10. The van der Waals surface area contributed by atoms with Gasteiger partial charge in [-0.25, -0.2) is 4.79 Å². The minimum atomic E-state index is -0.214. The monoisotopic (exact) mass is 485 g/mol. The molecule has 5 rings (SSSR count). The molecule has 0 unspecified atom stereocenters. The van der Waals surface area contributed by atoms with Crippen molar-refractivity contribution in [1.82, 2.24) is 9.47 Å². The van der Waals surface area contributed by atoms with Gasteiger partial charge >= 0.3 is 6.03 Å². The number of para-hydroxylation sites is 1. The zero-order valence-electron chi connectivity index (χ0n) is 18.0. The van der Waals surface area contributed by atoms with Crippen LogP contribution in [0.15, 0.2) is 89.5 Å². The first-order valence-corrected chi connectivity index (χ1v) is 11.5. The van der Waals surface area contributed by atoms with Gasteiger partial charge in [-0.3, -0.25) is 0 Å². The van der Waals surface area contributed by atoms with Crippen molar-refractivity contribution in [1.29, 1.82) is 0 Å². The largest absolute Gasteiger partial charge is 0.322 e. The predicted molar refractivity (Wildman–Crippen MR) is 132 cm³/mol. The summed E-state index contributed by atoms with van der Waals surface area (Å²) in [4.78, 5) is 15.7. The molecular formula is C27H24BrN3O. The van der Waals surface area contributed by atoms with Gasteiger partial charge in [-0.15, -0.1) is 0 Å². The molecule has 0 fully saturated rings. The van der Waals surface area contributed by atoms with Gasteiger partial charge in [-0.2, -0.15) is 0 Å². The maximum atomic E-state index is 13.7. The summed E-state index contributed by atoms with van der Waals surface area (Å²) in [5.74, 6) is 0. The molecule has 32 heavy (non-hydrogen) atoms. The molecule has 0 spiro atoms. The minimum Gasteiger partial charge on any atom is -0.318 e. The quantitative estimate of drug-likeness (QED) is 0.326. The van der Waals surface area contributed by atoms with Gasteiger partial charge in [0.15, 0.2) is 0 Å². The number of aromatic nitrogens is 1. The zero-order valence-corrected chi connectivity index (χ0v) is 19.6. The molecule has 1 aliphatic rings. The van der Waals surface area contributed by atoms with Crippen molar-refractivity contribution in [3.05, 3.63) is 117 Å². The minimum absolute atomic E-state index is 0.123. The molecule has 0 saturated carbocycles. The Bertz CT molecular complexity index is 1310. The van der Waals surface area contributed by atoms with Crippen LogP contribution >= 0.6 is 15.9 Å². The number of benzene rings is 3. The van der Waals surface area contributed by atoms with E-state index in [1.165, 1.54) is 5.56 Å². The number of rotatable bonds is 2. The van der Waals surface area contributed by atoms with Crippen molar-refractivity contribution in [2.75, 3.05) is 5.32 Å². The lowest BCUT2D eigenvalue weighted by molar-refractivity contribution is 0.194. The Hall–Kier alpha value is -3.31. The molecule has 160 valence electrons. The summed E-state index contributed by atoms with van der Waals surface area (Å²) in [5.41, 5.74) is 7.43. The van der Waals surface area contributed by atoms with E-state index in [0.29, 0.717) is 6.54 Å². The first-order chi connectivity index (χ1) is 15.5. The van der Waals surface area contributed by atoms with Crippen LogP contribution in [-0.2, 0) is 6.54 Å². The van der Waals surface area contributed by atoms with Crippen LogP contribution in [0.2, 0.25) is 0 Å². The number of fused-ring (bicyclic) bond motifs is 3. The number of carbonyl (C=O) groups excluding carboxylic acids is 1. The fraction of sp³-hybridized carbons (Fsp3) is 0.148. The Labute approximate surface area is 196 Å². The number of hydrogen-bond acceptors (Lipinski definition) is 1. The van der Waals surface area contributed by atoms with Gasteiger partial charge in [0.25, 0.3) is 0 Å². The molecule has 1 N–H and O–H groups in total. The maximum Gasteiger partial charge on any atom is 0.322 e. The van der Waals surface area contributed by atoms with Gasteiger partial charge in [-0.1, -0.05) is 64.0 Å². The second kappa shape index (κ2) is 8.32. The lowest BCUT2D eigenvalue weighted by Gasteiger charge is -2.31. The first kappa shape index (κ1) is 20.6. The van der Waals surface area contributed by atoms with Crippen molar-refractivity contribution in [2.45, 2.75) is 26.4 Å². The Morgan fingerprint density at radius 1 is 0.969 bits per heavy atom. The fourth-order valence-electron chi connectivity index (χ4n) is 4.45. The van der Waals surface area contributed by atoms with Crippen molar-refractivity contribution < 1.29 is 4.79 Å². The molecule has 0 bridgehead atoms. The van der Waals surface area contributed by atoms with Gasteiger partial charge in [0, 0.05) is 22.1 Å². The lowest BCUT2D eigenvalue weighted by Crippen LogP contribution is -2.38. The molecule has 3 aromatic carbocycles. The summed E-state index contributed by atoms with van der Waals surface area (Å²) in [5, 5.41) is 3.13. The number of anilines is 1. The van der Waals surface area contributed by atoms with Crippen LogP contribution < -0.4 is 5.32 Å². The molecule has 0 saturated heterocycles. The maximum absolute atomic E-state index is 13.7. The molecule has 5 heteroatoms. The van der Waals surface area contributed by atoms with Crippen LogP contribution in [0, 0.1) is 13.8 Å². The van der Waals surface area contributed by atoms with E-state index in [-0.39, 0.29) is 12.1 Å². The Morgan fingerprint density at radius 2 is 1.81 bits per heavy atom. The van der Waals surface area contributed by atoms with Crippen molar-refractivity contribution in [2.24, 2.45) is 0 Å². The smallest absolute Gasteiger partial charge is 0.318 e. The molecule has 0 aliphatic carbocycles. The second-order valence-electron chi connectivity index (χ2n) is 8.27. The highest BCUT2D eigenvalue weighted by Gasteiger charge is 2.33. The second-order valence-corrected chi connectivity index (χ2v) is 9.12. The van der Waals surface area contributed by atoms with Crippen LogP contribution in [0.1, 0.15) is 34.0 Å². The standard InChI is InChI=1S/C27H24BrN3O/c1-18-7-5-9-20(15-18)26-25-11-6-14-30(25)24-10-4-3-8-21(24)17-31(26)27(32)29-22-12-13-23(28)19(2)16-22/h3-16,26H,17H2,1-2H3,(H,29,32)/t26-/m1/s1. The molecule has 1 atom stereocenters. The Morgan fingerprint density at radius 3 is 2.62 bits per heavy atom. The third-order valence-corrected chi connectivity index (χ3v) is 6.88. The van der Waals surface area contributed by atoms with E-state index in [9.17, 15) is 4.79 Å². The van der Waals surface area contributed by atoms with Crippen molar-refractivity contribution in [3.8, 4) is 5.69 Å². The summed E-state index contributed by atoms with van der Waals surface area (Å²) in [6, 6.07) is 26.4. The number of nitrogens with zero attached hydrogens (tertiary/aromatic N) is 2. The molecule has 4 aromatic rings. The number of urea groups is 1. The van der Waals surface area contributed by atoms with Crippen LogP contribution in [-0.4, -0.2) is 15.5 Å². The SMILES string of the molecule is Cc1cccc([C@@H]2c3cccn3-c3ccccc3CN2C(=O)Nc2ccc(Br)c(C)c2)c1. The van der Waals surface area contributed by atoms with Crippen LogP contribution in [0.5, 0.6) is 0 Å². The third-order valence-electron chi connectivity index (χ3n) is 5.99. The summed E-state index contributed by atoms with van der Waals surface area (Å²) < 4.78 is 3.23. The Kier molecular flexibility index (Phi) is 5.35. The lowest BCUT2D eigenvalue weighted by atomic mass is 10.00. The first-order valence-electron chi connectivity index (χ1n) is 10.7. The van der Waals surface area contributed by atoms with E-state index in [4.69, 9.17) is 0 Å². The number of aryl methyl sites for hydroxylation is 2.